The van der Waals surface area contributed by atoms with Gasteiger partial charge in [-0.3, -0.25) is 4.98 Å². The van der Waals surface area contributed by atoms with Crippen molar-refractivity contribution in [2.75, 3.05) is 5.73 Å². The monoisotopic (exact) mass is 178 g/mol. The van der Waals surface area contributed by atoms with Crippen molar-refractivity contribution in [3.63, 3.8) is 0 Å². The lowest BCUT2D eigenvalue weighted by molar-refractivity contribution is 0.414. The Labute approximate surface area is 80.2 Å². The van der Waals surface area contributed by atoms with Crippen molar-refractivity contribution in [2.45, 2.75) is 27.2 Å². The highest BCUT2D eigenvalue weighted by Gasteiger charge is 2.08. The topological polar surface area (TPSA) is 38.9 Å². The predicted octanol–water partition coefficient (Wildman–Crippen LogP) is 2.50. The second-order valence-corrected chi connectivity index (χ2v) is 4.01. The van der Waals surface area contributed by atoms with Crippen LogP contribution in [0.5, 0.6) is 0 Å². The molecule has 0 radical (unpaired) electrons. The molecule has 0 aromatic carbocycles. The summed E-state index contributed by atoms with van der Waals surface area (Å²) in [5.74, 6) is 1.38. The van der Waals surface area contributed by atoms with Crippen molar-refractivity contribution in [1.29, 1.82) is 0 Å². The smallest absolute Gasteiger partial charge is 0.0501 e. The van der Waals surface area contributed by atoms with E-state index in [0.717, 1.165) is 17.8 Å². The first-order valence-corrected chi connectivity index (χ1v) is 4.80. The van der Waals surface area contributed by atoms with Crippen LogP contribution in [-0.2, 0) is 6.42 Å². The van der Waals surface area contributed by atoms with Crippen LogP contribution in [0.2, 0.25) is 0 Å². The Morgan fingerprint density at radius 3 is 2.46 bits per heavy atom. The largest absolute Gasteiger partial charge is 0.397 e. The molecule has 0 fully saturated rings. The Kier molecular flexibility index (Phi) is 3.29. The number of hydrogen-bond acceptors (Lipinski definition) is 2. The van der Waals surface area contributed by atoms with Crippen molar-refractivity contribution in [1.82, 2.24) is 4.98 Å². The number of rotatable bonds is 3. The highest BCUT2D eigenvalue weighted by atomic mass is 14.7. The minimum absolute atomic E-state index is 0.677. The number of nitrogen functional groups attached to an aromatic ring is 1. The van der Waals surface area contributed by atoms with E-state index in [9.17, 15) is 0 Å². The molecule has 0 aliphatic heterocycles. The van der Waals surface area contributed by atoms with Crippen molar-refractivity contribution in [3.8, 4) is 0 Å². The van der Waals surface area contributed by atoms with Crippen LogP contribution >= 0.6 is 0 Å². The summed E-state index contributed by atoms with van der Waals surface area (Å²) >= 11 is 0. The molecule has 13 heavy (non-hydrogen) atoms. The first kappa shape index (κ1) is 10.0. The van der Waals surface area contributed by atoms with Crippen LogP contribution in [0.4, 0.5) is 5.69 Å². The van der Waals surface area contributed by atoms with Crippen LogP contribution in [0, 0.1) is 11.8 Å². The van der Waals surface area contributed by atoms with Gasteiger partial charge in [0.2, 0.25) is 0 Å². The fourth-order valence-corrected chi connectivity index (χ4v) is 1.12. The Morgan fingerprint density at radius 2 is 2.00 bits per heavy atom. The Hall–Kier alpha value is -1.05. The molecule has 1 heterocycles. The summed E-state index contributed by atoms with van der Waals surface area (Å²) in [6.45, 7) is 6.73. The lowest BCUT2D eigenvalue weighted by Crippen LogP contribution is -2.08. The van der Waals surface area contributed by atoms with Crippen LogP contribution in [0.3, 0.4) is 0 Å². The van der Waals surface area contributed by atoms with Crippen LogP contribution in [0.15, 0.2) is 18.3 Å². The summed E-state index contributed by atoms with van der Waals surface area (Å²) < 4.78 is 0. The van der Waals surface area contributed by atoms with E-state index in [-0.39, 0.29) is 0 Å². The van der Waals surface area contributed by atoms with Gasteiger partial charge in [0.1, 0.15) is 0 Å². The molecular formula is C11H18N2. The molecule has 1 rings (SSSR count). The molecule has 0 bridgehead atoms. The van der Waals surface area contributed by atoms with Gasteiger partial charge in [-0.1, -0.05) is 20.8 Å². The average Bonchev–Trinajstić information content (AvgIpc) is 2.08. The van der Waals surface area contributed by atoms with Gasteiger partial charge in [0.05, 0.1) is 11.9 Å². The SMILES string of the molecule is CC(C)C(C)Cc1ccc(N)cn1. The molecule has 1 aromatic rings. The lowest BCUT2D eigenvalue weighted by atomic mass is 9.93. The molecule has 2 N–H and O–H groups in total. The number of nitrogens with zero attached hydrogens (tertiary/aromatic N) is 1. The van der Waals surface area contributed by atoms with Crippen LogP contribution in [0.1, 0.15) is 26.5 Å². The highest BCUT2D eigenvalue weighted by molar-refractivity contribution is 5.34. The molecule has 0 spiro atoms. The van der Waals surface area contributed by atoms with Gasteiger partial charge in [-0.15, -0.1) is 0 Å². The van der Waals surface area contributed by atoms with E-state index >= 15 is 0 Å². The maximum absolute atomic E-state index is 5.55. The molecular weight excluding hydrogens is 160 g/mol. The zero-order valence-corrected chi connectivity index (χ0v) is 8.62. The molecule has 0 saturated carbocycles. The minimum Gasteiger partial charge on any atom is -0.397 e. The predicted molar refractivity (Wildman–Crippen MR) is 56.4 cm³/mol. The average molecular weight is 178 g/mol. The zero-order chi connectivity index (χ0) is 9.84. The van der Waals surface area contributed by atoms with Gasteiger partial charge in [0, 0.05) is 5.69 Å². The second-order valence-electron chi connectivity index (χ2n) is 4.01. The Balaban J connectivity index is 2.59. The molecule has 0 saturated heterocycles. The third kappa shape index (κ3) is 3.05. The third-order valence-corrected chi connectivity index (χ3v) is 2.52. The van der Waals surface area contributed by atoms with Crippen molar-refractivity contribution >= 4 is 5.69 Å². The maximum Gasteiger partial charge on any atom is 0.0501 e. The van der Waals surface area contributed by atoms with Crippen molar-refractivity contribution in [2.24, 2.45) is 11.8 Å². The van der Waals surface area contributed by atoms with Crippen LogP contribution < -0.4 is 5.73 Å². The Bertz CT molecular complexity index is 251. The minimum atomic E-state index is 0.677. The number of aromatic nitrogens is 1. The van der Waals surface area contributed by atoms with E-state index in [2.05, 4.69) is 25.8 Å². The summed E-state index contributed by atoms with van der Waals surface area (Å²) in [4.78, 5) is 4.28. The van der Waals surface area contributed by atoms with Gasteiger partial charge in [-0.2, -0.15) is 0 Å². The van der Waals surface area contributed by atoms with Gasteiger partial charge in [-0.05, 0) is 30.4 Å². The summed E-state index contributed by atoms with van der Waals surface area (Å²) in [6, 6.07) is 3.92. The molecule has 0 aliphatic rings. The van der Waals surface area contributed by atoms with E-state index in [1.807, 2.05) is 12.1 Å². The van der Waals surface area contributed by atoms with Crippen LogP contribution in [0.25, 0.3) is 0 Å². The van der Waals surface area contributed by atoms with Gasteiger partial charge >= 0.3 is 0 Å². The number of anilines is 1. The number of pyridine rings is 1. The zero-order valence-electron chi connectivity index (χ0n) is 8.62. The van der Waals surface area contributed by atoms with E-state index in [0.29, 0.717) is 11.8 Å². The highest BCUT2D eigenvalue weighted by Crippen LogP contribution is 2.15. The van der Waals surface area contributed by atoms with E-state index in [1.165, 1.54) is 0 Å². The molecule has 0 amide bonds. The van der Waals surface area contributed by atoms with E-state index in [4.69, 9.17) is 5.73 Å². The fourth-order valence-electron chi connectivity index (χ4n) is 1.12. The summed E-state index contributed by atoms with van der Waals surface area (Å²) in [7, 11) is 0. The van der Waals surface area contributed by atoms with Crippen molar-refractivity contribution in [3.05, 3.63) is 24.0 Å². The van der Waals surface area contributed by atoms with Gasteiger partial charge in [0.15, 0.2) is 0 Å². The summed E-state index contributed by atoms with van der Waals surface area (Å²) in [5, 5.41) is 0. The molecule has 1 unspecified atom stereocenters. The van der Waals surface area contributed by atoms with Gasteiger partial charge in [0.25, 0.3) is 0 Å². The first-order valence-electron chi connectivity index (χ1n) is 4.80. The number of hydrogen-bond donors (Lipinski definition) is 1. The summed E-state index contributed by atoms with van der Waals surface area (Å²) in [5.41, 5.74) is 7.43. The fraction of sp³-hybridized carbons (Fsp3) is 0.545. The molecule has 1 aromatic heterocycles. The van der Waals surface area contributed by atoms with Gasteiger partial charge in [-0.25, -0.2) is 0 Å². The normalized spacial score (nSPS) is 13.2. The quantitative estimate of drug-likeness (QED) is 0.772. The molecule has 0 aliphatic carbocycles. The van der Waals surface area contributed by atoms with Gasteiger partial charge < -0.3 is 5.73 Å². The first-order chi connectivity index (χ1) is 6.09. The lowest BCUT2D eigenvalue weighted by Gasteiger charge is -2.14. The maximum atomic E-state index is 5.55. The van der Waals surface area contributed by atoms with Crippen LogP contribution in [-0.4, -0.2) is 4.98 Å². The number of nitrogens with two attached hydrogens (primary N) is 1. The second kappa shape index (κ2) is 4.26. The molecule has 1 atom stereocenters. The third-order valence-electron chi connectivity index (χ3n) is 2.52. The summed E-state index contributed by atoms with van der Waals surface area (Å²) in [6.07, 6.45) is 2.76. The van der Waals surface area contributed by atoms with Crippen molar-refractivity contribution < 1.29 is 0 Å². The van der Waals surface area contributed by atoms with E-state index in [1.54, 1.807) is 6.20 Å². The molecule has 2 nitrogen and oxygen atoms in total. The standard InChI is InChI=1S/C11H18N2/c1-8(2)9(3)6-11-5-4-10(12)7-13-11/h4-5,7-9H,6,12H2,1-3H3. The Morgan fingerprint density at radius 1 is 1.31 bits per heavy atom. The molecule has 72 valence electrons. The molecule has 2 heteroatoms. The van der Waals surface area contributed by atoms with E-state index < -0.39 is 0 Å².